The minimum Gasteiger partial charge on any atom is -0.462 e. The van der Waals surface area contributed by atoms with E-state index in [2.05, 4.69) is 13.8 Å². The number of aromatic nitrogens is 2. The van der Waals surface area contributed by atoms with Crippen LogP contribution in [0, 0.1) is 0 Å². The largest absolute Gasteiger partial charge is 0.673 e. The molecule has 0 saturated heterocycles. The first-order chi connectivity index (χ1) is 10.1. The lowest BCUT2D eigenvalue weighted by molar-refractivity contribution is -0.777. The smallest absolute Gasteiger partial charge is 0.462 e. The van der Waals surface area contributed by atoms with Gasteiger partial charge in [-0.15, -0.1) is 9.20 Å². The summed E-state index contributed by atoms with van der Waals surface area (Å²) in [5, 5.41) is 0. The molecule has 0 aliphatic carbocycles. The summed E-state index contributed by atoms with van der Waals surface area (Å²) < 4.78 is 48.0. The van der Waals surface area contributed by atoms with Crippen LogP contribution in [0.5, 0.6) is 0 Å². The van der Waals surface area contributed by atoms with Crippen LogP contribution in [-0.2, 0) is 4.74 Å². The van der Waals surface area contributed by atoms with E-state index in [4.69, 9.17) is 4.74 Å². The van der Waals surface area contributed by atoms with Crippen molar-refractivity contribution < 1.29 is 31.5 Å². The summed E-state index contributed by atoms with van der Waals surface area (Å²) in [5.41, 5.74) is 1.49. The summed E-state index contributed by atoms with van der Waals surface area (Å²) >= 11 is 0. The standard InChI is InChI=1S/C13H17N2O2.BF4/c1-4-17-13(16)11-9-15(10(2)3)14-8-6-5-7-12(11)14;2-1(3,4)5/h5-10H,4H2,1-3H3;/q+1;-1. The van der Waals surface area contributed by atoms with E-state index in [1.165, 1.54) is 0 Å². The molecule has 0 saturated carbocycles. The number of hydrogen-bond acceptors (Lipinski definition) is 2. The molecule has 122 valence electrons. The number of pyridine rings is 1. The van der Waals surface area contributed by atoms with Crippen LogP contribution in [0.15, 0.2) is 30.6 Å². The molecule has 0 unspecified atom stereocenters. The van der Waals surface area contributed by atoms with E-state index in [1.54, 1.807) is 0 Å². The van der Waals surface area contributed by atoms with Crippen LogP contribution in [0.2, 0.25) is 0 Å². The Labute approximate surface area is 125 Å². The zero-order valence-electron chi connectivity index (χ0n) is 12.5. The average molecular weight is 320 g/mol. The number of carbonyl (C=O) groups is 1. The van der Waals surface area contributed by atoms with Crippen LogP contribution in [-0.4, -0.2) is 24.3 Å². The lowest BCUT2D eigenvalue weighted by Gasteiger charge is -1.98. The first-order valence-corrected chi connectivity index (χ1v) is 6.71. The molecule has 2 aromatic rings. The molecule has 0 aromatic carbocycles. The lowest BCUT2D eigenvalue weighted by atomic mass is 10.2. The van der Waals surface area contributed by atoms with Crippen LogP contribution in [0.3, 0.4) is 0 Å². The number of nitrogens with zero attached hydrogens (tertiary/aromatic N) is 2. The first kappa shape index (κ1) is 18.0. The third-order valence-electron chi connectivity index (χ3n) is 2.65. The highest BCUT2D eigenvalue weighted by atomic mass is 19.5. The van der Waals surface area contributed by atoms with Gasteiger partial charge in [0, 0.05) is 0 Å². The summed E-state index contributed by atoms with van der Waals surface area (Å²) in [7, 11) is -6.00. The van der Waals surface area contributed by atoms with Gasteiger partial charge in [-0.3, -0.25) is 0 Å². The van der Waals surface area contributed by atoms with E-state index < -0.39 is 7.25 Å². The summed E-state index contributed by atoms with van der Waals surface area (Å²) in [6, 6.07) is 6.07. The van der Waals surface area contributed by atoms with E-state index in [-0.39, 0.29) is 12.0 Å². The van der Waals surface area contributed by atoms with E-state index >= 15 is 0 Å². The maximum atomic E-state index is 11.8. The Bertz CT molecular complexity index is 634. The summed E-state index contributed by atoms with van der Waals surface area (Å²) in [6.07, 6.45) is 3.79. The van der Waals surface area contributed by atoms with Crippen molar-refractivity contribution in [2.24, 2.45) is 0 Å². The highest BCUT2D eigenvalue weighted by Crippen LogP contribution is 2.12. The molecule has 4 nitrogen and oxygen atoms in total. The van der Waals surface area contributed by atoms with E-state index in [0.717, 1.165) is 5.52 Å². The van der Waals surface area contributed by atoms with Crippen molar-refractivity contribution >= 4 is 18.7 Å². The van der Waals surface area contributed by atoms with Gasteiger partial charge in [-0.05, 0) is 32.9 Å². The molecule has 22 heavy (non-hydrogen) atoms. The highest BCUT2D eigenvalue weighted by molar-refractivity contribution is 6.50. The van der Waals surface area contributed by atoms with Crippen molar-refractivity contribution in [2.75, 3.05) is 6.61 Å². The minimum absolute atomic E-state index is 0.268. The monoisotopic (exact) mass is 320 g/mol. The predicted octanol–water partition coefficient (Wildman–Crippen LogP) is 3.28. The Balaban J connectivity index is 0.000000422. The fourth-order valence-corrected chi connectivity index (χ4v) is 1.87. The molecule has 0 N–H and O–H groups in total. The van der Waals surface area contributed by atoms with Gasteiger partial charge in [-0.25, -0.2) is 4.79 Å². The van der Waals surface area contributed by atoms with Crippen LogP contribution < -0.4 is 4.68 Å². The quantitative estimate of drug-likeness (QED) is 0.376. The predicted molar refractivity (Wildman–Crippen MR) is 74.1 cm³/mol. The van der Waals surface area contributed by atoms with Gasteiger partial charge in [0.15, 0.2) is 11.6 Å². The molecule has 2 aromatic heterocycles. The van der Waals surface area contributed by atoms with Crippen molar-refractivity contribution in [2.45, 2.75) is 26.8 Å². The van der Waals surface area contributed by atoms with E-state index in [9.17, 15) is 22.1 Å². The fourth-order valence-electron chi connectivity index (χ4n) is 1.87. The molecule has 0 radical (unpaired) electrons. The SMILES string of the molecule is CCOC(=O)c1c[n+](C(C)C)n2ccccc12.F[B-](F)(F)F. The van der Waals surface area contributed by atoms with Crippen LogP contribution >= 0.6 is 0 Å². The molecule has 2 heterocycles. The third kappa shape index (κ3) is 5.05. The molecule has 2 rings (SSSR count). The summed E-state index contributed by atoms with van der Waals surface area (Å²) in [4.78, 5) is 11.8. The van der Waals surface area contributed by atoms with Gasteiger partial charge in [-0.1, -0.05) is 6.07 Å². The van der Waals surface area contributed by atoms with Gasteiger partial charge in [0.2, 0.25) is 6.20 Å². The maximum Gasteiger partial charge on any atom is 0.673 e. The summed E-state index contributed by atoms with van der Waals surface area (Å²) in [5.74, 6) is -0.268. The number of carbonyl (C=O) groups excluding carboxylic acids is 1. The second-order valence-electron chi connectivity index (χ2n) is 4.66. The topological polar surface area (TPSA) is 34.6 Å². The zero-order valence-corrected chi connectivity index (χ0v) is 12.5. The van der Waals surface area contributed by atoms with Crippen molar-refractivity contribution in [1.29, 1.82) is 0 Å². The number of esters is 1. The van der Waals surface area contributed by atoms with E-state index in [0.29, 0.717) is 12.2 Å². The fraction of sp³-hybridized carbons (Fsp3) is 0.385. The van der Waals surface area contributed by atoms with Gasteiger partial charge in [0.05, 0.1) is 12.8 Å². The first-order valence-electron chi connectivity index (χ1n) is 6.71. The Morgan fingerprint density at radius 1 is 1.32 bits per heavy atom. The molecule has 0 aliphatic heterocycles. The number of halogens is 4. The van der Waals surface area contributed by atoms with Gasteiger partial charge in [0.1, 0.15) is 5.52 Å². The molecule has 9 heteroatoms. The van der Waals surface area contributed by atoms with Crippen molar-refractivity contribution in [1.82, 2.24) is 4.52 Å². The van der Waals surface area contributed by atoms with Crippen molar-refractivity contribution in [3.63, 3.8) is 0 Å². The molecule has 0 atom stereocenters. The van der Waals surface area contributed by atoms with Crippen molar-refractivity contribution in [3.8, 4) is 0 Å². The molecular formula is C13H17BF4N2O2. The van der Waals surface area contributed by atoms with Crippen LogP contribution in [0.4, 0.5) is 17.3 Å². The molecular weight excluding hydrogens is 303 g/mol. The lowest BCUT2D eigenvalue weighted by Crippen LogP contribution is -2.41. The second-order valence-corrected chi connectivity index (χ2v) is 4.66. The number of ether oxygens (including phenoxy) is 1. The molecule has 0 fully saturated rings. The maximum absolute atomic E-state index is 11.8. The Morgan fingerprint density at radius 3 is 2.41 bits per heavy atom. The van der Waals surface area contributed by atoms with Gasteiger partial charge in [0.25, 0.3) is 0 Å². The molecule has 0 bridgehead atoms. The van der Waals surface area contributed by atoms with Crippen LogP contribution in [0.25, 0.3) is 5.52 Å². The second kappa shape index (κ2) is 7.28. The van der Waals surface area contributed by atoms with E-state index in [1.807, 2.05) is 46.7 Å². The molecule has 0 aliphatic rings. The summed E-state index contributed by atoms with van der Waals surface area (Å²) in [6.45, 7) is 6.36. The normalized spacial score (nSPS) is 11.3. The highest BCUT2D eigenvalue weighted by Gasteiger charge is 2.23. The Hall–Kier alpha value is -2.06. The number of hydrogen-bond donors (Lipinski definition) is 0. The van der Waals surface area contributed by atoms with Crippen LogP contribution in [0.1, 0.15) is 37.2 Å². The Morgan fingerprint density at radius 2 is 1.91 bits per heavy atom. The van der Waals surface area contributed by atoms with Gasteiger partial charge >= 0.3 is 13.2 Å². The average Bonchev–Trinajstić information content (AvgIpc) is 2.76. The van der Waals surface area contributed by atoms with Gasteiger partial charge in [-0.2, -0.15) is 0 Å². The van der Waals surface area contributed by atoms with Gasteiger partial charge < -0.3 is 22.0 Å². The number of rotatable bonds is 3. The van der Waals surface area contributed by atoms with Crippen molar-refractivity contribution in [3.05, 3.63) is 36.2 Å². The third-order valence-corrected chi connectivity index (χ3v) is 2.65. The molecule has 0 spiro atoms. The minimum atomic E-state index is -6.00. The zero-order chi connectivity index (χ0) is 16.9. The number of fused-ring (bicyclic) bond motifs is 1. The Kier molecular flexibility index (Phi) is 5.96. The molecule has 0 amide bonds.